The van der Waals surface area contributed by atoms with Crippen LogP contribution in [0.1, 0.15) is 0 Å². The second-order valence-corrected chi connectivity index (χ2v) is 14.4. The van der Waals surface area contributed by atoms with Gasteiger partial charge in [0.1, 0.15) is 0 Å². The van der Waals surface area contributed by atoms with E-state index in [2.05, 4.69) is 205 Å². The summed E-state index contributed by atoms with van der Waals surface area (Å²) in [5.74, 6) is 0. The van der Waals surface area contributed by atoms with Crippen molar-refractivity contribution in [3.8, 4) is 33.8 Å². The normalized spacial score (nSPS) is 11.5. The van der Waals surface area contributed by atoms with E-state index in [0.29, 0.717) is 0 Å². The number of pyridine rings is 3. The predicted molar refractivity (Wildman–Crippen MR) is 238 cm³/mol. The van der Waals surface area contributed by atoms with Gasteiger partial charge >= 0.3 is 0 Å². The van der Waals surface area contributed by atoms with Gasteiger partial charge in [-0.3, -0.25) is 0 Å². The zero-order valence-corrected chi connectivity index (χ0v) is 30.9. The quantitative estimate of drug-likeness (QED) is 0.160. The lowest BCUT2D eigenvalue weighted by Gasteiger charge is -2.28. The first kappa shape index (κ1) is 32.7. The van der Waals surface area contributed by atoms with Crippen LogP contribution in [0.2, 0.25) is 0 Å². The third-order valence-corrected chi connectivity index (χ3v) is 11.0. The molecule has 0 aliphatic rings. The molecule has 11 aromatic rings. The number of hydrogen-bond acceptors (Lipinski definition) is 4. The first-order valence-corrected chi connectivity index (χ1v) is 19.3. The highest BCUT2D eigenvalue weighted by molar-refractivity contribution is 6.25. The van der Waals surface area contributed by atoms with E-state index in [1.165, 1.54) is 5.39 Å². The Labute approximate surface area is 330 Å². The highest BCUT2D eigenvalue weighted by Gasteiger charge is 2.22. The standard InChI is InChI=1S/C53H34N4/c1-4-16-35(17-5-1)46-32-30-36-28-29-37-31-33-48(55-52(37)51(36)54-46)44-34-45-50(41-23-11-10-22-40(41)44)42-24-12-14-26-47(42)56-53(45)43-25-13-15-27-49(43)57(38-18-6-2-7-19-38)39-20-8-3-9-21-39/h1-34H. The molecular formula is C53H34N4. The lowest BCUT2D eigenvalue weighted by atomic mass is 9.90. The minimum atomic E-state index is 0.885. The Morgan fingerprint density at radius 3 is 1.58 bits per heavy atom. The van der Waals surface area contributed by atoms with Gasteiger partial charge in [0, 0.05) is 55.0 Å². The molecule has 4 heteroatoms. The topological polar surface area (TPSA) is 41.9 Å². The van der Waals surface area contributed by atoms with Gasteiger partial charge in [0.2, 0.25) is 0 Å². The van der Waals surface area contributed by atoms with Crippen LogP contribution in [0, 0.1) is 0 Å². The van der Waals surface area contributed by atoms with Crippen LogP contribution < -0.4 is 4.90 Å². The smallest absolute Gasteiger partial charge is 0.0972 e. The van der Waals surface area contributed by atoms with Gasteiger partial charge in [-0.2, -0.15) is 0 Å². The van der Waals surface area contributed by atoms with Gasteiger partial charge in [-0.05, 0) is 65.4 Å². The maximum Gasteiger partial charge on any atom is 0.0972 e. The molecule has 8 aromatic carbocycles. The van der Waals surface area contributed by atoms with Gasteiger partial charge in [0.05, 0.1) is 39.3 Å². The van der Waals surface area contributed by atoms with E-state index in [1.807, 2.05) is 6.07 Å². The monoisotopic (exact) mass is 726 g/mol. The van der Waals surface area contributed by atoms with Gasteiger partial charge in [0.15, 0.2) is 0 Å². The fraction of sp³-hybridized carbons (Fsp3) is 0. The Hall–Kier alpha value is -7.69. The molecule has 0 spiro atoms. The molecule has 4 nitrogen and oxygen atoms in total. The first-order valence-electron chi connectivity index (χ1n) is 19.3. The molecule has 0 saturated carbocycles. The summed E-state index contributed by atoms with van der Waals surface area (Å²) in [6.45, 7) is 0. The molecule has 11 rings (SSSR count). The summed E-state index contributed by atoms with van der Waals surface area (Å²) in [5.41, 5.74) is 11.8. The van der Waals surface area contributed by atoms with Gasteiger partial charge in [0.25, 0.3) is 0 Å². The van der Waals surface area contributed by atoms with Gasteiger partial charge in [-0.1, -0.05) is 152 Å². The molecule has 0 aliphatic heterocycles. The van der Waals surface area contributed by atoms with Gasteiger partial charge in [-0.15, -0.1) is 0 Å². The van der Waals surface area contributed by atoms with Crippen molar-refractivity contribution in [2.45, 2.75) is 0 Å². The molecule has 0 amide bonds. The molecule has 0 bridgehead atoms. The minimum Gasteiger partial charge on any atom is -0.310 e. The average molecular weight is 727 g/mol. The first-order chi connectivity index (χ1) is 28.3. The Balaban J connectivity index is 1.20. The van der Waals surface area contributed by atoms with Crippen LogP contribution >= 0.6 is 0 Å². The summed E-state index contributed by atoms with van der Waals surface area (Å²) >= 11 is 0. The maximum atomic E-state index is 5.52. The van der Waals surface area contributed by atoms with Crippen LogP contribution in [0.15, 0.2) is 206 Å². The molecule has 0 unspecified atom stereocenters. The van der Waals surface area contributed by atoms with Crippen molar-refractivity contribution in [3.63, 3.8) is 0 Å². The third-order valence-electron chi connectivity index (χ3n) is 11.0. The molecule has 0 N–H and O–H groups in total. The van der Waals surface area contributed by atoms with Crippen LogP contribution in [-0.4, -0.2) is 15.0 Å². The largest absolute Gasteiger partial charge is 0.310 e. The molecule has 0 atom stereocenters. The van der Waals surface area contributed by atoms with Crippen LogP contribution in [0.4, 0.5) is 17.1 Å². The molecule has 0 radical (unpaired) electrons. The van der Waals surface area contributed by atoms with Crippen molar-refractivity contribution < 1.29 is 0 Å². The number of hydrogen-bond donors (Lipinski definition) is 0. The number of rotatable bonds is 6. The van der Waals surface area contributed by atoms with Gasteiger partial charge < -0.3 is 4.90 Å². The van der Waals surface area contributed by atoms with E-state index >= 15 is 0 Å². The molecule has 266 valence electrons. The van der Waals surface area contributed by atoms with Crippen molar-refractivity contribution in [1.82, 2.24) is 15.0 Å². The highest BCUT2D eigenvalue weighted by Crippen LogP contribution is 2.46. The number of para-hydroxylation sites is 4. The Morgan fingerprint density at radius 1 is 0.351 bits per heavy atom. The zero-order valence-electron chi connectivity index (χ0n) is 30.9. The number of aromatic nitrogens is 3. The summed E-state index contributed by atoms with van der Waals surface area (Å²) in [5, 5.41) is 7.78. The fourth-order valence-electron chi connectivity index (χ4n) is 8.37. The van der Waals surface area contributed by atoms with E-state index in [4.69, 9.17) is 15.0 Å². The minimum absolute atomic E-state index is 0.885. The summed E-state index contributed by atoms with van der Waals surface area (Å²) < 4.78 is 0. The van der Waals surface area contributed by atoms with E-state index in [-0.39, 0.29) is 0 Å². The second-order valence-electron chi connectivity index (χ2n) is 14.4. The molecule has 3 aromatic heterocycles. The number of anilines is 3. The molecular weight excluding hydrogens is 693 g/mol. The highest BCUT2D eigenvalue weighted by atomic mass is 15.1. The Bertz CT molecular complexity index is 3250. The number of nitrogens with zero attached hydrogens (tertiary/aromatic N) is 4. The second kappa shape index (κ2) is 13.6. The van der Waals surface area contributed by atoms with Crippen LogP contribution in [-0.2, 0) is 0 Å². The van der Waals surface area contributed by atoms with E-state index in [1.54, 1.807) is 0 Å². The molecule has 57 heavy (non-hydrogen) atoms. The van der Waals surface area contributed by atoms with Crippen molar-refractivity contribution in [2.75, 3.05) is 4.90 Å². The lowest BCUT2D eigenvalue weighted by Crippen LogP contribution is -2.11. The Kier molecular flexibility index (Phi) is 7.78. The SMILES string of the molecule is c1ccc(-c2ccc3ccc4ccc(-c5cc6c(-c7ccccc7N(c7ccccc7)c7ccccc7)nc7ccccc7c6c6ccccc56)nc4c3n2)cc1. The average Bonchev–Trinajstić information content (AvgIpc) is 3.29. The van der Waals surface area contributed by atoms with E-state index in [0.717, 1.165) is 99.7 Å². The molecule has 3 heterocycles. The van der Waals surface area contributed by atoms with Crippen LogP contribution in [0.3, 0.4) is 0 Å². The fourth-order valence-corrected chi connectivity index (χ4v) is 8.37. The predicted octanol–water partition coefficient (Wildman–Crippen LogP) is 14.1. The Morgan fingerprint density at radius 2 is 0.877 bits per heavy atom. The summed E-state index contributed by atoms with van der Waals surface area (Å²) in [6.07, 6.45) is 0. The van der Waals surface area contributed by atoms with Crippen molar-refractivity contribution in [2.24, 2.45) is 0 Å². The van der Waals surface area contributed by atoms with Gasteiger partial charge in [-0.25, -0.2) is 15.0 Å². The molecule has 0 fully saturated rings. The molecule has 0 saturated heterocycles. The number of fused-ring (bicyclic) bond motifs is 8. The summed E-state index contributed by atoms with van der Waals surface area (Å²) in [4.78, 5) is 18.5. The summed E-state index contributed by atoms with van der Waals surface area (Å²) in [7, 11) is 0. The van der Waals surface area contributed by atoms with E-state index in [9.17, 15) is 0 Å². The molecule has 0 aliphatic carbocycles. The number of benzene rings is 8. The third kappa shape index (κ3) is 5.58. The van der Waals surface area contributed by atoms with Crippen molar-refractivity contribution >= 4 is 71.3 Å². The van der Waals surface area contributed by atoms with Crippen molar-refractivity contribution in [1.29, 1.82) is 0 Å². The van der Waals surface area contributed by atoms with Crippen LogP contribution in [0.25, 0.3) is 88.0 Å². The maximum absolute atomic E-state index is 5.52. The van der Waals surface area contributed by atoms with E-state index < -0.39 is 0 Å². The van der Waals surface area contributed by atoms with Crippen molar-refractivity contribution in [3.05, 3.63) is 206 Å². The lowest BCUT2D eigenvalue weighted by molar-refractivity contribution is 1.28. The zero-order chi connectivity index (χ0) is 37.7. The van der Waals surface area contributed by atoms with Crippen LogP contribution in [0.5, 0.6) is 0 Å². The summed E-state index contributed by atoms with van der Waals surface area (Å²) in [6, 6.07) is 72.5.